The number of epoxide rings is 1. The molecular formula is C47H63ClN4O14S. The van der Waals surface area contributed by atoms with E-state index >= 15 is 0 Å². The average Bonchev–Trinajstić information content (AvgIpc) is 3.91. The van der Waals surface area contributed by atoms with Gasteiger partial charge in [-0.15, -0.1) is 11.8 Å². The lowest BCUT2D eigenvalue weighted by molar-refractivity contribution is -0.162. The van der Waals surface area contributed by atoms with Gasteiger partial charge in [0.15, 0.2) is 5.72 Å². The monoisotopic (exact) mass is 974 g/mol. The number of carbonyl (C=O) groups excluding carboxylic acids is 6. The fourth-order valence-electron chi connectivity index (χ4n) is 9.51. The summed E-state index contributed by atoms with van der Waals surface area (Å²) < 4.78 is 29.4. The molecular weight excluding hydrogens is 912 g/mol. The third-order valence-corrected chi connectivity index (χ3v) is 15.6. The molecule has 1 aromatic rings. The predicted molar refractivity (Wildman–Crippen MR) is 246 cm³/mol. The van der Waals surface area contributed by atoms with Crippen molar-refractivity contribution in [3.63, 3.8) is 0 Å². The number of nitrogens with one attached hydrogen (secondary N) is 1. The standard InChI is InChI=1S/C47H63ClN4O14S/c1-25-10-9-11-35(63-8)47(61)23-33(64-45(60)49-47)26(2)41-46(4,66-41)36(22-38(54)51(6)31-19-29(18-25)20-32(62-7)40(31)48)65-44(59)27(3)50(5)37(53)16-17-67-34-21-39(55)52(42(34)56)24-28-12-14-30(15-13-28)43(57)58/h9-11,19-20,26-28,30,33-36,41,61H,12-18,21-24H2,1-8H3,(H,49,60)(H,57,58)/t26-,27+,28?,30?,33+,34?,35-,36+,41-,46+,47+/m1/s1. The van der Waals surface area contributed by atoms with Crippen LogP contribution in [0.4, 0.5) is 10.5 Å². The number of hydrogen-bond donors (Lipinski definition) is 3. The number of allylic oxidation sites excluding steroid dienone is 3. The largest absolute Gasteiger partial charge is 0.495 e. The van der Waals surface area contributed by atoms with Gasteiger partial charge >= 0.3 is 18.0 Å². The Bertz CT molecular complexity index is 2170. The van der Waals surface area contributed by atoms with Gasteiger partial charge in [-0.05, 0) is 76.5 Å². The molecule has 368 valence electrons. The van der Waals surface area contributed by atoms with Gasteiger partial charge in [-0.2, -0.15) is 0 Å². The summed E-state index contributed by atoms with van der Waals surface area (Å²) in [4.78, 5) is 96.2. The van der Waals surface area contributed by atoms with Crippen LogP contribution in [0.25, 0.3) is 0 Å². The van der Waals surface area contributed by atoms with Crippen LogP contribution in [0.5, 0.6) is 5.75 Å². The van der Waals surface area contributed by atoms with E-state index in [0.717, 1.165) is 11.1 Å². The van der Waals surface area contributed by atoms with Gasteiger partial charge in [0.2, 0.25) is 23.6 Å². The first kappa shape index (κ1) is 51.7. The zero-order valence-corrected chi connectivity index (χ0v) is 40.9. The number of thioether (sulfide) groups is 1. The normalized spacial score (nSPS) is 31.8. The summed E-state index contributed by atoms with van der Waals surface area (Å²) in [6, 6.07) is 2.40. The molecule has 1 unspecified atom stereocenters. The maximum atomic E-state index is 14.3. The minimum absolute atomic E-state index is 0.00460. The maximum absolute atomic E-state index is 14.3. The van der Waals surface area contributed by atoms with Crippen LogP contribution in [0.15, 0.2) is 35.9 Å². The molecule has 5 amide bonds. The number of nitrogens with zero attached hydrogens (tertiary/aromatic N) is 3. The minimum Gasteiger partial charge on any atom is -0.495 e. The number of benzene rings is 1. The highest BCUT2D eigenvalue weighted by atomic mass is 35.5. The number of aliphatic hydroxyl groups is 1. The van der Waals surface area contributed by atoms with Gasteiger partial charge in [-0.1, -0.05) is 42.3 Å². The lowest BCUT2D eigenvalue weighted by atomic mass is 9.82. The molecule has 1 aliphatic carbocycles. The van der Waals surface area contributed by atoms with Gasteiger partial charge in [0, 0.05) is 58.7 Å². The molecule has 3 N–H and O–H groups in total. The van der Waals surface area contributed by atoms with Gasteiger partial charge < -0.3 is 43.7 Å². The second kappa shape index (κ2) is 21.3. The number of carbonyl (C=O) groups is 7. The van der Waals surface area contributed by atoms with Crippen molar-refractivity contribution in [2.45, 2.75) is 133 Å². The van der Waals surface area contributed by atoms with E-state index in [0.29, 0.717) is 43.5 Å². The number of hydrogen-bond acceptors (Lipinski definition) is 14. The van der Waals surface area contributed by atoms with E-state index in [2.05, 4.69) is 5.32 Å². The molecule has 6 rings (SSSR count). The first-order chi connectivity index (χ1) is 31.6. The average molecular weight is 976 g/mol. The summed E-state index contributed by atoms with van der Waals surface area (Å²) in [5.41, 5.74) is -1.16. The van der Waals surface area contributed by atoms with Crippen LogP contribution in [0.3, 0.4) is 0 Å². The van der Waals surface area contributed by atoms with Gasteiger partial charge in [0.05, 0.1) is 36.5 Å². The number of methoxy groups -OCH3 is 2. The summed E-state index contributed by atoms with van der Waals surface area (Å²) in [7, 11) is 5.87. The van der Waals surface area contributed by atoms with Crippen LogP contribution in [0.1, 0.15) is 84.6 Å². The van der Waals surface area contributed by atoms with Crippen LogP contribution < -0.4 is 15.0 Å². The number of anilines is 1. The Labute approximate surface area is 400 Å². The Kier molecular flexibility index (Phi) is 16.4. The van der Waals surface area contributed by atoms with Crippen molar-refractivity contribution >= 4 is 70.7 Å². The van der Waals surface area contributed by atoms with Crippen LogP contribution in [0, 0.1) is 17.8 Å². The van der Waals surface area contributed by atoms with Crippen molar-refractivity contribution in [2.75, 3.05) is 45.5 Å². The van der Waals surface area contributed by atoms with E-state index in [1.165, 1.54) is 54.7 Å². The highest BCUT2D eigenvalue weighted by Crippen LogP contribution is 2.49. The van der Waals surface area contributed by atoms with E-state index in [1.807, 2.05) is 13.0 Å². The first-order valence-corrected chi connectivity index (χ1v) is 24.1. The van der Waals surface area contributed by atoms with Gasteiger partial charge in [0.1, 0.15) is 40.7 Å². The third-order valence-electron chi connectivity index (χ3n) is 14.0. The summed E-state index contributed by atoms with van der Waals surface area (Å²) in [6.45, 7) is 7.10. The Balaban J connectivity index is 1.16. The molecule has 3 saturated heterocycles. The highest BCUT2D eigenvalue weighted by Gasteiger charge is 2.64. The molecule has 9 atom stereocenters. The fourth-order valence-corrected chi connectivity index (χ4v) is 10.9. The van der Waals surface area contributed by atoms with E-state index in [1.54, 1.807) is 45.2 Å². The molecule has 18 nitrogen and oxygen atoms in total. The van der Waals surface area contributed by atoms with Crippen molar-refractivity contribution in [1.82, 2.24) is 15.1 Å². The molecule has 67 heavy (non-hydrogen) atoms. The lowest BCUT2D eigenvalue weighted by Gasteiger charge is -2.42. The lowest BCUT2D eigenvalue weighted by Crippen LogP contribution is -2.63. The molecule has 1 saturated carbocycles. The molecule has 20 heteroatoms. The summed E-state index contributed by atoms with van der Waals surface area (Å²) in [5.74, 6) is -3.58. The van der Waals surface area contributed by atoms with E-state index < -0.39 is 88.7 Å². The fraction of sp³-hybridized carbons (Fsp3) is 0.638. The zero-order chi connectivity index (χ0) is 49.1. The number of amides is 5. The molecule has 1 aromatic carbocycles. The summed E-state index contributed by atoms with van der Waals surface area (Å²) in [6.07, 6.45) is 2.63. The number of carboxylic acid groups (broad SMARTS) is 1. The number of esters is 1. The Morgan fingerprint density at radius 1 is 1.09 bits per heavy atom. The van der Waals surface area contributed by atoms with Crippen LogP contribution in [-0.2, 0) is 54.1 Å². The second-order valence-corrected chi connectivity index (χ2v) is 20.3. The van der Waals surface area contributed by atoms with E-state index in [4.69, 9.17) is 35.3 Å². The quantitative estimate of drug-likeness (QED) is 0.147. The number of imide groups is 1. The highest BCUT2D eigenvalue weighted by molar-refractivity contribution is 8.00. The van der Waals surface area contributed by atoms with Crippen LogP contribution in [-0.4, -0.2) is 149 Å². The molecule has 5 aliphatic rings. The Hall–Kier alpha value is -4.69. The van der Waals surface area contributed by atoms with Gasteiger partial charge in [-0.3, -0.25) is 34.2 Å². The number of alkyl carbamates (subject to hydrolysis) is 1. The topological polar surface area (TPSA) is 231 Å². The Morgan fingerprint density at radius 2 is 1.79 bits per heavy atom. The van der Waals surface area contributed by atoms with Gasteiger partial charge in [-0.25, -0.2) is 9.59 Å². The number of rotatable bonds is 12. The van der Waals surface area contributed by atoms with Crippen molar-refractivity contribution in [2.24, 2.45) is 17.8 Å². The number of likely N-dealkylation sites (tertiary alicyclic amines) is 1. The number of fused-ring (bicyclic) bond motifs is 5. The van der Waals surface area contributed by atoms with E-state index in [9.17, 15) is 43.8 Å². The third kappa shape index (κ3) is 11.6. The van der Waals surface area contributed by atoms with Crippen molar-refractivity contribution in [1.29, 1.82) is 0 Å². The number of halogens is 1. The molecule has 4 bridgehead atoms. The van der Waals surface area contributed by atoms with Crippen molar-refractivity contribution < 1.29 is 67.5 Å². The van der Waals surface area contributed by atoms with Crippen molar-refractivity contribution in [3.8, 4) is 5.75 Å². The molecule has 4 aliphatic heterocycles. The van der Waals surface area contributed by atoms with E-state index in [-0.39, 0.29) is 60.7 Å². The maximum Gasteiger partial charge on any atom is 0.409 e. The SMILES string of the molecule is COc1cc2cc(c1Cl)N(C)C(=O)C[C@H](OC(=O)[C@H](C)N(C)C(=O)CCSC1CC(=O)N(CC3CCC(C(=O)O)CC3)C1=O)[C@]1(C)O[C@@H]1[C@H](C)[C@@H]1C[C@@](O)(NC(=O)O1)[C@H](OC)C=CC=C(C)C2. The van der Waals surface area contributed by atoms with Crippen molar-refractivity contribution in [3.05, 3.63) is 46.5 Å². The molecule has 0 aromatic heterocycles. The molecule has 0 radical (unpaired) electrons. The number of ether oxygens (including phenoxy) is 5. The predicted octanol–water partition coefficient (Wildman–Crippen LogP) is 4.66. The Morgan fingerprint density at radius 3 is 2.45 bits per heavy atom. The van der Waals surface area contributed by atoms with Crippen LogP contribution in [0.2, 0.25) is 5.02 Å². The molecule has 4 fully saturated rings. The van der Waals surface area contributed by atoms with Crippen LogP contribution >= 0.6 is 23.4 Å². The smallest absolute Gasteiger partial charge is 0.409 e. The molecule has 4 heterocycles. The summed E-state index contributed by atoms with van der Waals surface area (Å²) >= 11 is 8.00. The number of carboxylic acids is 1. The van der Waals surface area contributed by atoms with Gasteiger partial charge in [0.25, 0.3) is 0 Å². The summed E-state index contributed by atoms with van der Waals surface area (Å²) in [5, 5.41) is 23.2. The first-order valence-electron chi connectivity index (χ1n) is 22.6. The number of aliphatic carboxylic acids is 1. The molecule has 0 spiro atoms. The minimum atomic E-state index is -1.88. The second-order valence-electron chi connectivity index (χ2n) is 18.6. The number of likely N-dealkylation sites (N-methyl/N-ethyl adjacent to an activating group) is 1. The zero-order valence-electron chi connectivity index (χ0n) is 39.3.